The van der Waals surface area contributed by atoms with Gasteiger partial charge in [-0.3, -0.25) is 4.79 Å². The molecule has 1 aromatic carbocycles. The Bertz CT molecular complexity index is 540. The quantitative estimate of drug-likeness (QED) is 0.644. The average Bonchev–Trinajstić information content (AvgIpc) is 2.48. The number of ether oxygens (including phenoxy) is 1. The Labute approximate surface area is 124 Å². The molecule has 0 bridgehead atoms. The summed E-state index contributed by atoms with van der Waals surface area (Å²) in [7, 11) is 1.15. The minimum Gasteiger partial charge on any atom is -0.467 e. The van der Waals surface area contributed by atoms with Gasteiger partial charge >= 0.3 is 5.97 Å². The normalized spacial score (nSPS) is 11.9. The smallest absolute Gasteiger partial charge is 0.328 e. The van der Waals surface area contributed by atoms with Crippen LogP contribution in [0.5, 0.6) is 0 Å². The van der Waals surface area contributed by atoms with E-state index in [0.29, 0.717) is 11.8 Å². The maximum absolute atomic E-state index is 13.5. The monoisotopic (exact) mass is 321 g/mol. The van der Waals surface area contributed by atoms with E-state index in [4.69, 9.17) is 0 Å². The summed E-state index contributed by atoms with van der Waals surface area (Å²) >= 11 is 1.45. The molecule has 0 spiro atoms. The number of methoxy groups -OCH3 is 1. The number of rotatable bonds is 6. The van der Waals surface area contributed by atoms with Gasteiger partial charge in [0.1, 0.15) is 6.04 Å². The van der Waals surface area contributed by atoms with Gasteiger partial charge in [0.2, 0.25) is 0 Å². The lowest BCUT2D eigenvalue weighted by atomic mass is 10.1. The van der Waals surface area contributed by atoms with Gasteiger partial charge in [0, 0.05) is 0 Å². The lowest BCUT2D eigenvalue weighted by Gasteiger charge is -2.16. The predicted octanol–water partition coefficient (Wildman–Crippen LogP) is 2.13. The molecule has 1 aromatic rings. The molecule has 1 unspecified atom stereocenters. The van der Waals surface area contributed by atoms with Gasteiger partial charge in [-0.2, -0.15) is 11.8 Å². The van der Waals surface area contributed by atoms with E-state index in [0.717, 1.165) is 13.2 Å². The molecule has 0 heterocycles. The SMILES string of the molecule is COC(=O)C(CCSC)NC(=O)c1ccc(F)c(F)c1F. The highest BCUT2D eigenvalue weighted by atomic mass is 32.2. The molecule has 1 N–H and O–H groups in total. The lowest BCUT2D eigenvalue weighted by Crippen LogP contribution is -2.42. The summed E-state index contributed by atoms with van der Waals surface area (Å²) in [5.41, 5.74) is -0.674. The highest BCUT2D eigenvalue weighted by Gasteiger charge is 2.25. The van der Waals surface area contributed by atoms with Crippen LogP contribution < -0.4 is 5.32 Å². The first-order valence-electron chi connectivity index (χ1n) is 5.93. The van der Waals surface area contributed by atoms with Crippen molar-refractivity contribution in [2.75, 3.05) is 19.1 Å². The molecule has 0 aliphatic rings. The molecule has 8 heteroatoms. The maximum Gasteiger partial charge on any atom is 0.328 e. The van der Waals surface area contributed by atoms with Crippen LogP contribution >= 0.6 is 11.8 Å². The third kappa shape index (κ3) is 4.38. The number of amides is 1. The number of carbonyl (C=O) groups excluding carboxylic acids is 2. The van der Waals surface area contributed by atoms with Crippen molar-refractivity contribution < 1.29 is 27.5 Å². The number of benzene rings is 1. The van der Waals surface area contributed by atoms with Crippen LogP contribution in [-0.2, 0) is 9.53 Å². The Morgan fingerprint density at radius 2 is 1.95 bits per heavy atom. The van der Waals surface area contributed by atoms with Gasteiger partial charge in [-0.1, -0.05) is 0 Å². The highest BCUT2D eigenvalue weighted by Crippen LogP contribution is 2.15. The predicted molar refractivity (Wildman–Crippen MR) is 72.6 cm³/mol. The van der Waals surface area contributed by atoms with Crippen LogP contribution in [0.1, 0.15) is 16.8 Å². The number of hydrogen-bond acceptors (Lipinski definition) is 4. The first-order valence-corrected chi connectivity index (χ1v) is 7.32. The molecule has 116 valence electrons. The van der Waals surface area contributed by atoms with E-state index in [1.54, 1.807) is 0 Å². The molecule has 0 aliphatic carbocycles. The number of thioether (sulfide) groups is 1. The Balaban J connectivity index is 2.91. The largest absolute Gasteiger partial charge is 0.467 e. The van der Waals surface area contributed by atoms with Crippen LogP contribution in [0, 0.1) is 17.5 Å². The topological polar surface area (TPSA) is 55.4 Å². The van der Waals surface area contributed by atoms with E-state index >= 15 is 0 Å². The second kappa shape index (κ2) is 7.92. The molecule has 0 aromatic heterocycles. The minimum absolute atomic E-state index is 0.269. The summed E-state index contributed by atoms with van der Waals surface area (Å²) in [5, 5.41) is 2.25. The van der Waals surface area contributed by atoms with Gasteiger partial charge in [0.25, 0.3) is 5.91 Å². The molecule has 1 rings (SSSR count). The summed E-state index contributed by atoms with van der Waals surface area (Å²) in [5.74, 6) is -5.87. The van der Waals surface area contributed by atoms with Gasteiger partial charge in [-0.05, 0) is 30.6 Å². The van der Waals surface area contributed by atoms with E-state index in [1.165, 1.54) is 11.8 Å². The van der Waals surface area contributed by atoms with Crippen LogP contribution in [0.2, 0.25) is 0 Å². The second-order valence-electron chi connectivity index (χ2n) is 4.05. The number of hydrogen-bond donors (Lipinski definition) is 1. The molecule has 4 nitrogen and oxygen atoms in total. The fraction of sp³-hybridized carbons (Fsp3) is 0.385. The van der Waals surface area contributed by atoms with Crippen molar-refractivity contribution in [1.29, 1.82) is 0 Å². The number of nitrogens with one attached hydrogen (secondary N) is 1. The molecule has 0 fully saturated rings. The lowest BCUT2D eigenvalue weighted by molar-refractivity contribution is -0.142. The van der Waals surface area contributed by atoms with Gasteiger partial charge < -0.3 is 10.1 Å². The molecule has 1 atom stereocenters. The Morgan fingerprint density at radius 3 is 2.52 bits per heavy atom. The van der Waals surface area contributed by atoms with Crippen LogP contribution in [0.15, 0.2) is 12.1 Å². The van der Waals surface area contributed by atoms with E-state index in [-0.39, 0.29) is 6.42 Å². The van der Waals surface area contributed by atoms with Crippen LogP contribution in [0.25, 0.3) is 0 Å². The Hall–Kier alpha value is -1.70. The van der Waals surface area contributed by atoms with E-state index in [9.17, 15) is 22.8 Å². The summed E-state index contributed by atoms with van der Waals surface area (Å²) in [6.45, 7) is 0. The third-order valence-corrected chi connectivity index (χ3v) is 3.33. The van der Waals surface area contributed by atoms with E-state index in [1.807, 2.05) is 6.26 Å². The zero-order valence-electron chi connectivity index (χ0n) is 11.4. The number of halogens is 3. The van der Waals surface area contributed by atoms with Crippen molar-refractivity contribution in [3.63, 3.8) is 0 Å². The molecular formula is C13H14F3NO3S. The molecule has 0 radical (unpaired) electrons. The van der Waals surface area contributed by atoms with Gasteiger partial charge in [-0.25, -0.2) is 18.0 Å². The summed E-state index contributed by atoms with van der Waals surface area (Å²) in [6, 6.07) is 0.469. The van der Waals surface area contributed by atoms with Crippen molar-refractivity contribution in [1.82, 2.24) is 5.32 Å². The second-order valence-corrected chi connectivity index (χ2v) is 5.04. The Morgan fingerprint density at radius 1 is 1.29 bits per heavy atom. The average molecular weight is 321 g/mol. The fourth-order valence-electron chi connectivity index (χ4n) is 1.56. The first-order chi connectivity index (χ1) is 9.92. The minimum atomic E-state index is -1.73. The van der Waals surface area contributed by atoms with E-state index in [2.05, 4.69) is 10.1 Å². The molecule has 0 saturated carbocycles. The molecule has 0 saturated heterocycles. The Kier molecular flexibility index (Phi) is 6.54. The van der Waals surface area contributed by atoms with Crippen LogP contribution in [0.4, 0.5) is 13.2 Å². The zero-order chi connectivity index (χ0) is 16.0. The van der Waals surface area contributed by atoms with Crippen molar-refractivity contribution in [3.05, 3.63) is 35.1 Å². The van der Waals surface area contributed by atoms with Crippen LogP contribution in [0.3, 0.4) is 0 Å². The fourth-order valence-corrected chi connectivity index (χ4v) is 2.04. The summed E-state index contributed by atoms with van der Waals surface area (Å²) in [6.07, 6.45) is 2.08. The van der Waals surface area contributed by atoms with Crippen molar-refractivity contribution in [3.8, 4) is 0 Å². The van der Waals surface area contributed by atoms with Gasteiger partial charge in [0.05, 0.1) is 12.7 Å². The zero-order valence-corrected chi connectivity index (χ0v) is 12.2. The van der Waals surface area contributed by atoms with Crippen LogP contribution in [-0.4, -0.2) is 37.0 Å². The molecule has 1 amide bonds. The third-order valence-electron chi connectivity index (χ3n) is 2.68. The summed E-state index contributed by atoms with van der Waals surface area (Å²) in [4.78, 5) is 23.4. The van der Waals surface area contributed by atoms with Crippen molar-refractivity contribution >= 4 is 23.6 Å². The molecule has 21 heavy (non-hydrogen) atoms. The number of esters is 1. The first kappa shape index (κ1) is 17.4. The molecule has 0 aliphatic heterocycles. The standard InChI is InChI=1S/C13H14F3NO3S/c1-20-13(19)9(5-6-21-2)17-12(18)7-3-4-8(14)11(16)10(7)15/h3-4,9H,5-6H2,1-2H3,(H,17,18). The highest BCUT2D eigenvalue weighted by molar-refractivity contribution is 7.98. The van der Waals surface area contributed by atoms with Crippen molar-refractivity contribution in [2.45, 2.75) is 12.5 Å². The maximum atomic E-state index is 13.5. The summed E-state index contributed by atoms with van der Waals surface area (Å²) < 4.78 is 43.9. The van der Waals surface area contributed by atoms with Gasteiger partial charge in [0.15, 0.2) is 17.5 Å². The number of carbonyl (C=O) groups is 2. The van der Waals surface area contributed by atoms with Crippen molar-refractivity contribution in [2.24, 2.45) is 0 Å². The van der Waals surface area contributed by atoms with E-state index < -0.39 is 40.9 Å². The van der Waals surface area contributed by atoms with Gasteiger partial charge in [-0.15, -0.1) is 0 Å². The molecular weight excluding hydrogens is 307 g/mol.